The van der Waals surface area contributed by atoms with Gasteiger partial charge < -0.3 is 14.7 Å². The molecule has 0 amide bonds. The van der Waals surface area contributed by atoms with Gasteiger partial charge in [-0.05, 0) is 31.6 Å². The molecule has 1 aromatic rings. The Hall–Kier alpha value is -1.20. The monoisotopic (exact) mass is 261 g/mol. The molecule has 5 heteroatoms. The molecule has 4 rings (SSSR count). The second kappa shape index (κ2) is 4.42. The number of aliphatic hydroxyl groups is 1. The summed E-state index contributed by atoms with van der Waals surface area (Å²) in [6, 6.07) is 0.947. The normalized spacial score (nSPS) is 31.5. The standard InChI is InChI=1S/C14H19N3O2/c18-13(9-1-2-9)14-15-5-12(6-16-14)17-10-3-4-11(17)8-19-7-10/h5-6,9-11,13,18H,1-4,7-8H2. The highest BCUT2D eigenvalue weighted by Gasteiger charge is 2.38. The Morgan fingerprint density at radius 3 is 2.32 bits per heavy atom. The first kappa shape index (κ1) is 11.6. The molecule has 19 heavy (non-hydrogen) atoms. The van der Waals surface area contributed by atoms with Crippen molar-refractivity contribution in [2.24, 2.45) is 5.92 Å². The van der Waals surface area contributed by atoms with E-state index in [0.29, 0.717) is 23.8 Å². The van der Waals surface area contributed by atoms with E-state index in [9.17, 15) is 5.11 Å². The van der Waals surface area contributed by atoms with Crippen molar-refractivity contribution in [2.45, 2.75) is 43.9 Å². The zero-order valence-corrected chi connectivity index (χ0v) is 10.9. The minimum absolute atomic E-state index is 0.380. The van der Waals surface area contributed by atoms with E-state index in [1.54, 1.807) is 0 Å². The molecule has 1 aliphatic carbocycles. The van der Waals surface area contributed by atoms with Gasteiger partial charge in [0, 0.05) is 0 Å². The van der Waals surface area contributed by atoms with E-state index in [4.69, 9.17) is 4.74 Å². The van der Waals surface area contributed by atoms with Crippen LogP contribution in [0.5, 0.6) is 0 Å². The summed E-state index contributed by atoms with van der Waals surface area (Å²) in [6.07, 6.45) is 7.83. The Bertz CT molecular complexity index is 444. The van der Waals surface area contributed by atoms with Gasteiger partial charge >= 0.3 is 0 Å². The number of hydrogen-bond donors (Lipinski definition) is 1. The van der Waals surface area contributed by atoms with Crippen LogP contribution in [0.4, 0.5) is 5.69 Å². The smallest absolute Gasteiger partial charge is 0.157 e. The van der Waals surface area contributed by atoms with Gasteiger partial charge in [-0.1, -0.05) is 0 Å². The van der Waals surface area contributed by atoms with Crippen LogP contribution in [0.15, 0.2) is 12.4 Å². The van der Waals surface area contributed by atoms with Gasteiger partial charge in [-0.3, -0.25) is 0 Å². The van der Waals surface area contributed by atoms with Crippen LogP contribution in [-0.4, -0.2) is 40.4 Å². The average molecular weight is 261 g/mol. The molecule has 1 N–H and O–H groups in total. The third kappa shape index (κ3) is 2.01. The summed E-state index contributed by atoms with van der Waals surface area (Å²) in [6.45, 7) is 1.62. The Morgan fingerprint density at radius 1 is 1.11 bits per heavy atom. The highest BCUT2D eigenvalue weighted by Crippen LogP contribution is 2.40. The first-order valence-electron chi connectivity index (χ1n) is 7.19. The summed E-state index contributed by atoms with van der Waals surface area (Å²) in [5.41, 5.74) is 1.07. The summed E-state index contributed by atoms with van der Waals surface area (Å²) in [5, 5.41) is 10.0. The predicted molar refractivity (Wildman–Crippen MR) is 69.8 cm³/mol. The second-order valence-electron chi connectivity index (χ2n) is 5.91. The number of morpholine rings is 1. The van der Waals surface area contributed by atoms with Gasteiger partial charge in [0.25, 0.3) is 0 Å². The molecule has 3 heterocycles. The fourth-order valence-electron chi connectivity index (χ4n) is 3.29. The lowest BCUT2D eigenvalue weighted by molar-refractivity contribution is 0.0905. The van der Waals surface area contributed by atoms with Crippen LogP contribution in [0, 0.1) is 5.92 Å². The van der Waals surface area contributed by atoms with Crippen LogP contribution in [-0.2, 0) is 4.74 Å². The SMILES string of the molecule is OC(c1ncc(N2C3CCC2COC3)cn1)C1CC1. The van der Waals surface area contributed by atoms with Gasteiger partial charge in [0.15, 0.2) is 5.82 Å². The number of fused-ring (bicyclic) bond motifs is 2. The Labute approximate surface area is 112 Å². The number of aliphatic hydroxyl groups excluding tert-OH is 1. The molecular formula is C14H19N3O2. The van der Waals surface area contributed by atoms with E-state index in [-0.39, 0.29) is 0 Å². The van der Waals surface area contributed by atoms with Crippen molar-refractivity contribution < 1.29 is 9.84 Å². The van der Waals surface area contributed by atoms with Gasteiger partial charge in [-0.25, -0.2) is 9.97 Å². The van der Waals surface area contributed by atoms with Crippen molar-refractivity contribution in [1.82, 2.24) is 9.97 Å². The lowest BCUT2D eigenvalue weighted by Crippen LogP contribution is -2.46. The maximum atomic E-state index is 10.0. The van der Waals surface area contributed by atoms with E-state index in [1.807, 2.05) is 12.4 Å². The minimum atomic E-state index is -0.476. The number of rotatable bonds is 3. The second-order valence-corrected chi connectivity index (χ2v) is 5.91. The Morgan fingerprint density at radius 2 is 1.74 bits per heavy atom. The lowest BCUT2D eigenvalue weighted by Gasteiger charge is -2.36. The molecule has 102 valence electrons. The molecular weight excluding hydrogens is 242 g/mol. The van der Waals surface area contributed by atoms with E-state index < -0.39 is 6.10 Å². The van der Waals surface area contributed by atoms with E-state index in [0.717, 1.165) is 31.7 Å². The van der Waals surface area contributed by atoms with Gasteiger partial charge in [0.2, 0.25) is 0 Å². The van der Waals surface area contributed by atoms with Gasteiger partial charge in [-0.15, -0.1) is 0 Å². The van der Waals surface area contributed by atoms with E-state index >= 15 is 0 Å². The van der Waals surface area contributed by atoms with E-state index in [1.165, 1.54) is 12.8 Å². The number of ether oxygens (including phenoxy) is 1. The molecule has 2 saturated heterocycles. The molecule has 2 bridgehead atoms. The van der Waals surface area contributed by atoms with Crippen LogP contribution in [0.1, 0.15) is 37.6 Å². The molecule has 3 unspecified atom stereocenters. The highest BCUT2D eigenvalue weighted by molar-refractivity contribution is 5.47. The quantitative estimate of drug-likeness (QED) is 0.888. The maximum absolute atomic E-state index is 10.0. The molecule has 1 aromatic heterocycles. The largest absolute Gasteiger partial charge is 0.385 e. The molecule has 0 aromatic carbocycles. The van der Waals surface area contributed by atoms with Crippen molar-refractivity contribution in [3.05, 3.63) is 18.2 Å². The van der Waals surface area contributed by atoms with Crippen LogP contribution in [0.2, 0.25) is 0 Å². The third-order valence-corrected chi connectivity index (χ3v) is 4.53. The van der Waals surface area contributed by atoms with Crippen molar-refractivity contribution in [3.63, 3.8) is 0 Å². The number of anilines is 1. The molecule has 2 aliphatic heterocycles. The Kier molecular flexibility index (Phi) is 2.70. The van der Waals surface area contributed by atoms with Crippen molar-refractivity contribution in [2.75, 3.05) is 18.1 Å². The average Bonchev–Trinajstić information content (AvgIpc) is 3.25. The number of nitrogens with zero attached hydrogens (tertiary/aromatic N) is 3. The maximum Gasteiger partial charge on any atom is 0.157 e. The van der Waals surface area contributed by atoms with E-state index in [2.05, 4.69) is 14.9 Å². The molecule has 3 fully saturated rings. The molecule has 0 spiro atoms. The third-order valence-electron chi connectivity index (χ3n) is 4.53. The van der Waals surface area contributed by atoms with Crippen molar-refractivity contribution in [1.29, 1.82) is 0 Å². The van der Waals surface area contributed by atoms with Gasteiger partial charge in [0.1, 0.15) is 6.10 Å². The van der Waals surface area contributed by atoms with Gasteiger partial charge in [0.05, 0.1) is 43.4 Å². The summed E-state index contributed by atoms with van der Waals surface area (Å²) >= 11 is 0. The first-order chi connectivity index (χ1) is 9.33. The molecule has 3 atom stereocenters. The van der Waals surface area contributed by atoms with Crippen LogP contribution in [0.3, 0.4) is 0 Å². The Balaban J connectivity index is 1.55. The number of aromatic nitrogens is 2. The van der Waals surface area contributed by atoms with Crippen LogP contribution >= 0.6 is 0 Å². The summed E-state index contributed by atoms with van der Waals surface area (Å²) in [5.74, 6) is 0.956. The summed E-state index contributed by atoms with van der Waals surface area (Å²) < 4.78 is 5.59. The highest BCUT2D eigenvalue weighted by atomic mass is 16.5. The van der Waals surface area contributed by atoms with Crippen molar-refractivity contribution >= 4 is 5.69 Å². The summed E-state index contributed by atoms with van der Waals surface area (Å²) in [4.78, 5) is 11.1. The molecule has 3 aliphatic rings. The summed E-state index contributed by atoms with van der Waals surface area (Å²) in [7, 11) is 0. The van der Waals surface area contributed by atoms with Gasteiger partial charge in [-0.2, -0.15) is 0 Å². The predicted octanol–water partition coefficient (Wildman–Crippen LogP) is 1.29. The lowest BCUT2D eigenvalue weighted by atomic mass is 10.2. The van der Waals surface area contributed by atoms with Crippen LogP contribution < -0.4 is 4.90 Å². The molecule has 0 radical (unpaired) electrons. The first-order valence-corrected chi connectivity index (χ1v) is 7.19. The zero-order valence-electron chi connectivity index (χ0n) is 10.9. The molecule has 5 nitrogen and oxygen atoms in total. The fourth-order valence-corrected chi connectivity index (χ4v) is 3.29. The topological polar surface area (TPSA) is 58.5 Å². The number of hydrogen-bond acceptors (Lipinski definition) is 5. The van der Waals surface area contributed by atoms with Crippen LogP contribution in [0.25, 0.3) is 0 Å². The minimum Gasteiger partial charge on any atom is -0.385 e. The van der Waals surface area contributed by atoms with Crippen molar-refractivity contribution in [3.8, 4) is 0 Å². The molecule has 1 saturated carbocycles. The zero-order chi connectivity index (χ0) is 12.8. The fraction of sp³-hybridized carbons (Fsp3) is 0.714.